The van der Waals surface area contributed by atoms with Crippen LogP contribution in [0.2, 0.25) is 0 Å². The fraction of sp³-hybridized carbons (Fsp3) is 0.0513. The van der Waals surface area contributed by atoms with Crippen LogP contribution in [0.25, 0.3) is 22.4 Å². The molecule has 2 N–H and O–H groups in total. The summed E-state index contributed by atoms with van der Waals surface area (Å²) < 4.78 is 43.0. The average molecular weight is 616 g/mol. The van der Waals surface area contributed by atoms with E-state index in [1.807, 2.05) is 74.5 Å². The molecule has 4 aromatic heterocycles. The first-order valence-electron chi connectivity index (χ1n) is 15.5. The average Bonchev–Trinajstić information content (AvgIpc) is 3.90. The predicted octanol–water partition coefficient (Wildman–Crippen LogP) is 4.30. The lowest BCUT2D eigenvalue weighted by Crippen LogP contribution is -2.56. The van der Waals surface area contributed by atoms with Gasteiger partial charge in [-0.05, 0) is 73.5 Å². The van der Waals surface area contributed by atoms with E-state index in [4.69, 9.17) is 10.8 Å². The number of nitrogens with zero attached hydrogens (tertiary/aromatic N) is 2. The van der Waals surface area contributed by atoms with Crippen molar-refractivity contribution >= 4 is 35.1 Å². The van der Waals surface area contributed by atoms with E-state index < -0.39 is 6.97 Å². The second-order valence-corrected chi connectivity index (χ2v) is 12.3. The van der Waals surface area contributed by atoms with Crippen molar-refractivity contribution in [3.05, 3.63) is 175 Å². The topological polar surface area (TPSA) is 52.7 Å². The third kappa shape index (κ3) is 3.93. The van der Waals surface area contributed by atoms with Gasteiger partial charge in [0.05, 0.1) is 16.0 Å². The highest BCUT2D eigenvalue weighted by atomic mass is 19.2. The molecule has 0 unspecified atom stereocenters. The van der Waals surface area contributed by atoms with Gasteiger partial charge in [0.25, 0.3) is 0 Å². The van der Waals surface area contributed by atoms with Crippen molar-refractivity contribution in [3.8, 4) is 12.3 Å². The van der Waals surface area contributed by atoms with Crippen molar-refractivity contribution in [2.75, 3.05) is 0 Å². The molecule has 8 bridgehead atoms. The number of aromatic nitrogens is 3. The molecule has 2 aromatic carbocycles. The second-order valence-electron chi connectivity index (χ2n) is 12.3. The standard InChI is InChI=1S/C39H27BF2N4O/c1-4-27-32-17-19-34-28-13-15-30(43-28)38(25-9-5-23(2)6-10-25)36-21-22-37(47-36)39(26-11-7-24(3)8-12-26)31-16-14-29(44-31)35-20-18-33(27)46(35)40(41,42)45(32)34/h1,5-22,43-44H,2-3H3. The highest BCUT2D eigenvalue weighted by molar-refractivity contribution is 6.59. The molecule has 7 heterocycles. The number of aromatic amines is 2. The number of hydrogen-bond donors (Lipinski definition) is 2. The third-order valence-electron chi connectivity index (χ3n) is 9.36. The van der Waals surface area contributed by atoms with Crippen molar-refractivity contribution in [3.63, 3.8) is 0 Å². The zero-order valence-electron chi connectivity index (χ0n) is 25.6. The van der Waals surface area contributed by atoms with Gasteiger partial charge in [-0.1, -0.05) is 65.6 Å². The Bertz CT molecular complexity index is 2780. The van der Waals surface area contributed by atoms with Gasteiger partial charge in [-0.2, -0.15) is 0 Å². The molecule has 226 valence electrons. The van der Waals surface area contributed by atoms with Crippen molar-refractivity contribution in [2.45, 2.75) is 13.8 Å². The Morgan fingerprint density at radius 1 is 0.660 bits per heavy atom. The van der Waals surface area contributed by atoms with Crippen LogP contribution in [-0.4, -0.2) is 31.6 Å². The lowest BCUT2D eigenvalue weighted by molar-refractivity contribution is -0.318. The molecule has 0 radical (unpaired) electrons. The smallest absolute Gasteiger partial charge is 0.456 e. The van der Waals surface area contributed by atoms with Crippen molar-refractivity contribution in [2.24, 2.45) is 0 Å². The van der Waals surface area contributed by atoms with Crippen molar-refractivity contribution in [1.29, 1.82) is 0 Å². The van der Waals surface area contributed by atoms with Gasteiger partial charge in [0.15, 0.2) is 11.4 Å². The van der Waals surface area contributed by atoms with Crippen LogP contribution >= 0.6 is 0 Å². The van der Waals surface area contributed by atoms with Crippen LogP contribution in [0.5, 0.6) is 0 Å². The van der Waals surface area contributed by atoms with Gasteiger partial charge >= 0.3 is 6.97 Å². The predicted molar refractivity (Wildman–Crippen MR) is 180 cm³/mol. The summed E-state index contributed by atoms with van der Waals surface area (Å²) in [7, 11) is 0. The first-order valence-corrected chi connectivity index (χ1v) is 15.5. The number of allylic oxidation sites excluding steroid dienone is 1. The Morgan fingerprint density at radius 3 is 1.79 bits per heavy atom. The van der Waals surface area contributed by atoms with Gasteiger partial charge in [0.1, 0.15) is 22.4 Å². The maximum Gasteiger partial charge on any atom is 0.738 e. The van der Waals surface area contributed by atoms with Crippen LogP contribution < -0.4 is 21.4 Å². The molecule has 0 aliphatic carbocycles. The van der Waals surface area contributed by atoms with Crippen molar-refractivity contribution < 1.29 is 17.5 Å². The summed E-state index contributed by atoms with van der Waals surface area (Å²) in [4.78, 5) is 6.92. The van der Waals surface area contributed by atoms with E-state index in [0.717, 1.165) is 53.1 Å². The quantitative estimate of drug-likeness (QED) is 0.221. The third-order valence-corrected chi connectivity index (χ3v) is 9.36. The summed E-state index contributed by atoms with van der Waals surface area (Å²) in [5, 5.41) is 3.20. The van der Waals surface area contributed by atoms with Gasteiger partial charge in [-0.15, -0.1) is 6.42 Å². The summed E-state index contributed by atoms with van der Waals surface area (Å²) in [6.07, 6.45) is 9.41. The highest BCUT2D eigenvalue weighted by Gasteiger charge is 2.52. The van der Waals surface area contributed by atoms with Gasteiger partial charge in [-0.25, -0.2) is 0 Å². The largest absolute Gasteiger partial charge is 0.738 e. The first-order chi connectivity index (χ1) is 22.8. The summed E-state index contributed by atoms with van der Waals surface area (Å²) in [6.45, 7) is -0.264. The molecule has 47 heavy (non-hydrogen) atoms. The van der Waals surface area contributed by atoms with Crippen molar-refractivity contribution in [1.82, 2.24) is 14.4 Å². The Labute approximate surface area is 267 Å². The van der Waals surface area contributed by atoms with E-state index in [9.17, 15) is 0 Å². The van der Waals surface area contributed by atoms with Crippen LogP contribution in [0.15, 0.2) is 114 Å². The van der Waals surface area contributed by atoms with Gasteiger partial charge in [-0.3, -0.25) is 0 Å². The molecule has 0 saturated carbocycles. The van der Waals surface area contributed by atoms with Crippen LogP contribution in [0.3, 0.4) is 0 Å². The number of rotatable bonds is 2. The van der Waals surface area contributed by atoms with E-state index in [1.54, 1.807) is 24.3 Å². The minimum Gasteiger partial charge on any atom is -0.456 e. The zero-order valence-corrected chi connectivity index (χ0v) is 25.6. The number of H-pyrrole nitrogens is 2. The first kappa shape index (κ1) is 27.3. The lowest BCUT2D eigenvalue weighted by Gasteiger charge is -2.27. The second kappa shape index (κ2) is 9.72. The Hall–Kier alpha value is -6.07. The highest BCUT2D eigenvalue weighted by Crippen LogP contribution is 2.30. The summed E-state index contributed by atoms with van der Waals surface area (Å²) in [5.41, 5.74) is 6.81. The molecule has 9 rings (SSSR count). The number of aryl methyl sites for hydroxylation is 2. The molecule has 0 spiro atoms. The fourth-order valence-electron chi connectivity index (χ4n) is 7.10. The van der Waals surface area contributed by atoms with E-state index in [0.29, 0.717) is 49.9 Å². The molecule has 3 aliphatic heterocycles. The van der Waals surface area contributed by atoms with Crippen LogP contribution in [0.1, 0.15) is 33.8 Å². The van der Waals surface area contributed by atoms with Gasteiger partial charge in [0, 0.05) is 34.0 Å². The molecule has 0 saturated heterocycles. The lowest BCUT2D eigenvalue weighted by atomic mass is 9.90. The molecule has 5 nitrogen and oxygen atoms in total. The summed E-state index contributed by atoms with van der Waals surface area (Å²) in [5.74, 6) is 4.01. The number of fused-ring (bicyclic) bond motifs is 6. The molecule has 0 atom stereocenters. The summed E-state index contributed by atoms with van der Waals surface area (Å²) >= 11 is 0. The SMILES string of the molecule is C#CC1=c2ccc3n2[B-](F)(F)[N+]2=C1C=CC2=c1ccc([nH]1)=C(c1ccc(C)cc1)c1ccc(o1)C(c1ccc(C)cc1)=c1ccc=3[nH]1. The minimum absolute atomic E-state index is 0.308. The zero-order chi connectivity index (χ0) is 32.0. The Kier molecular flexibility index (Phi) is 5.64. The van der Waals surface area contributed by atoms with Gasteiger partial charge < -0.3 is 32.0 Å². The molecular weight excluding hydrogens is 589 g/mol. The monoisotopic (exact) mass is 616 g/mol. The number of furan rings is 1. The normalized spacial score (nSPS) is 15.9. The fourth-order valence-corrected chi connectivity index (χ4v) is 7.10. The maximum absolute atomic E-state index is 17.0. The Morgan fingerprint density at radius 2 is 1.19 bits per heavy atom. The summed E-state index contributed by atoms with van der Waals surface area (Å²) in [6, 6.07) is 31.2. The van der Waals surface area contributed by atoms with E-state index in [2.05, 4.69) is 40.2 Å². The minimum atomic E-state index is -4.35. The van der Waals surface area contributed by atoms with E-state index in [1.165, 1.54) is 0 Å². The number of hydrogen-bond acceptors (Lipinski definition) is 1. The molecule has 0 fully saturated rings. The number of terminal acetylenes is 1. The number of nitrogens with one attached hydrogen (secondary N) is 2. The Balaban J connectivity index is 1.49. The molecule has 3 aliphatic rings. The van der Waals surface area contributed by atoms with Gasteiger partial charge in [0.2, 0.25) is 0 Å². The number of halogens is 2. The maximum atomic E-state index is 17.0. The molecular formula is C39H27BF2N4O. The van der Waals surface area contributed by atoms with Crippen LogP contribution in [-0.2, 0) is 0 Å². The van der Waals surface area contributed by atoms with Crippen LogP contribution in [0, 0.1) is 36.9 Å². The van der Waals surface area contributed by atoms with E-state index >= 15 is 8.63 Å². The van der Waals surface area contributed by atoms with E-state index in [-0.39, 0.29) is 0 Å². The molecule has 6 aromatic rings. The molecule has 0 amide bonds. The van der Waals surface area contributed by atoms with Crippen LogP contribution in [0.4, 0.5) is 8.63 Å². The molecule has 8 heteroatoms. The number of benzene rings is 2.